The molecule has 0 unspecified atom stereocenters. The fraction of sp³-hybridized carbons (Fsp3) is 0.464. The van der Waals surface area contributed by atoms with Crippen molar-refractivity contribution < 1.29 is 24.0 Å². The van der Waals surface area contributed by atoms with Crippen LogP contribution in [0.25, 0.3) is 0 Å². The first-order valence-electron chi connectivity index (χ1n) is 11.9. The van der Waals surface area contributed by atoms with Crippen molar-refractivity contribution in [2.75, 3.05) is 0 Å². The Morgan fingerprint density at radius 1 is 1.09 bits per heavy atom. The van der Waals surface area contributed by atoms with E-state index in [1.54, 1.807) is 31.2 Å². The smallest absolute Gasteiger partial charge is 0.268 e. The summed E-state index contributed by atoms with van der Waals surface area (Å²) in [6, 6.07) is 5.70. The number of hydroxylamine groups is 1. The van der Waals surface area contributed by atoms with E-state index in [1.165, 1.54) is 18.6 Å². The molecule has 2 amide bonds. The van der Waals surface area contributed by atoms with E-state index in [-0.39, 0.29) is 6.10 Å². The predicted molar refractivity (Wildman–Crippen MR) is 134 cm³/mol. The van der Waals surface area contributed by atoms with Crippen molar-refractivity contribution in [2.24, 2.45) is 0 Å². The molecule has 0 aromatic heterocycles. The predicted octanol–water partition coefficient (Wildman–Crippen LogP) is 3.48. The number of hydrogen-bond acceptors (Lipinski definition) is 5. The molecule has 2 rings (SSSR count). The first-order valence-corrected chi connectivity index (χ1v) is 11.9. The van der Waals surface area contributed by atoms with Gasteiger partial charge in [0.1, 0.15) is 12.3 Å². The van der Waals surface area contributed by atoms with Gasteiger partial charge in [-0.15, -0.1) is 0 Å². The summed E-state index contributed by atoms with van der Waals surface area (Å²) >= 11 is 0. The molecule has 186 valence electrons. The number of amides is 2. The number of rotatable bonds is 8. The van der Waals surface area contributed by atoms with Crippen LogP contribution in [-0.4, -0.2) is 42.0 Å². The van der Waals surface area contributed by atoms with Crippen LogP contribution in [-0.2, 0) is 19.2 Å². The Morgan fingerprint density at radius 2 is 1.77 bits per heavy atom. The second-order valence-electron chi connectivity index (χ2n) is 9.32. The lowest BCUT2D eigenvalue weighted by Gasteiger charge is -2.31. The molecule has 35 heavy (non-hydrogen) atoms. The Morgan fingerprint density at radius 3 is 2.40 bits per heavy atom. The quantitative estimate of drug-likeness (QED) is 0.258. The third-order valence-corrected chi connectivity index (χ3v) is 5.20. The highest BCUT2D eigenvalue weighted by molar-refractivity contribution is 5.97. The second kappa shape index (κ2) is 14.1. The van der Waals surface area contributed by atoms with Crippen molar-refractivity contribution in [3.63, 3.8) is 0 Å². The molecule has 0 aliphatic heterocycles. The average Bonchev–Trinajstić information content (AvgIpc) is 2.83. The Kier molecular flexibility index (Phi) is 11.2. The van der Waals surface area contributed by atoms with Crippen LogP contribution >= 0.6 is 0 Å². The number of benzene rings is 1. The SMILES string of the molecule is C[C@@H](OC(C)(C)C)[C@H](NC(=O)c1ccc(C#CC#C/C=C/C=O)cc1)C(=O)NOC1CCCCC1. The van der Waals surface area contributed by atoms with E-state index >= 15 is 0 Å². The van der Waals surface area contributed by atoms with E-state index in [1.807, 2.05) is 20.8 Å². The minimum absolute atomic E-state index is 0.0118. The third kappa shape index (κ3) is 10.6. The van der Waals surface area contributed by atoms with Gasteiger partial charge in [-0.3, -0.25) is 19.2 Å². The summed E-state index contributed by atoms with van der Waals surface area (Å²) in [7, 11) is 0. The van der Waals surface area contributed by atoms with Crippen molar-refractivity contribution in [2.45, 2.75) is 83.6 Å². The van der Waals surface area contributed by atoms with Crippen LogP contribution in [0, 0.1) is 23.7 Å². The molecule has 1 fully saturated rings. The molecular formula is C28H34N2O5. The van der Waals surface area contributed by atoms with Gasteiger partial charge in [-0.05, 0) is 88.8 Å². The largest absolute Gasteiger partial charge is 0.370 e. The lowest BCUT2D eigenvalue weighted by atomic mass is 9.98. The van der Waals surface area contributed by atoms with Gasteiger partial charge in [-0.25, -0.2) is 5.48 Å². The molecule has 0 heterocycles. The molecule has 0 radical (unpaired) electrons. The van der Waals surface area contributed by atoms with Gasteiger partial charge in [0.25, 0.3) is 11.8 Å². The lowest BCUT2D eigenvalue weighted by Crippen LogP contribution is -2.54. The van der Waals surface area contributed by atoms with Gasteiger partial charge in [0, 0.05) is 11.1 Å². The number of carbonyl (C=O) groups is 3. The van der Waals surface area contributed by atoms with Crippen molar-refractivity contribution in [1.82, 2.24) is 10.8 Å². The fourth-order valence-electron chi connectivity index (χ4n) is 3.61. The van der Waals surface area contributed by atoms with Crippen molar-refractivity contribution in [3.05, 3.63) is 47.5 Å². The molecule has 0 saturated heterocycles. The van der Waals surface area contributed by atoms with Crippen LogP contribution in [0.4, 0.5) is 0 Å². The first kappa shape index (κ1) is 27.9. The van der Waals surface area contributed by atoms with E-state index in [0.717, 1.165) is 25.7 Å². The third-order valence-electron chi connectivity index (χ3n) is 5.20. The summed E-state index contributed by atoms with van der Waals surface area (Å²) in [5.41, 5.74) is 3.09. The van der Waals surface area contributed by atoms with Crippen LogP contribution in [0.5, 0.6) is 0 Å². The number of hydrogen-bond donors (Lipinski definition) is 2. The normalized spacial score (nSPS) is 15.7. The molecule has 1 aromatic carbocycles. The molecule has 0 spiro atoms. The van der Waals surface area contributed by atoms with Gasteiger partial charge in [-0.1, -0.05) is 31.1 Å². The summed E-state index contributed by atoms with van der Waals surface area (Å²) in [4.78, 5) is 41.7. The van der Waals surface area contributed by atoms with E-state index in [0.29, 0.717) is 17.4 Å². The van der Waals surface area contributed by atoms with Crippen LogP contribution in [0.15, 0.2) is 36.4 Å². The maximum absolute atomic E-state index is 13.0. The fourth-order valence-corrected chi connectivity index (χ4v) is 3.61. The highest BCUT2D eigenvalue weighted by Gasteiger charge is 2.31. The number of ether oxygens (including phenoxy) is 1. The van der Waals surface area contributed by atoms with Crippen LogP contribution < -0.4 is 10.8 Å². The van der Waals surface area contributed by atoms with E-state index < -0.39 is 29.6 Å². The molecule has 7 nitrogen and oxygen atoms in total. The molecule has 1 aromatic rings. The maximum atomic E-state index is 13.0. The molecular weight excluding hydrogens is 444 g/mol. The van der Waals surface area contributed by atoms with Crippen molar-refractivity contribution in [3.8, 4) is 23.7 Å². The highest BCUT2D eigenvalue weighted by atomic mass is 16.7. The summed E-state index contributed by atoms with van der Waals surface area (Å²) in [6.07, 6.45) is 7.87. The molecule has 2 N–H and O–H groups in total. The number of aldehydes is 1. The van der Waals surface area contributed by atoms with E-state index in [4.69, 9.17) is 9.57 Å². The molecule has 1 aliphatic carbocycles. The minimum atomic E-state index is -0.945. The Balaban J connectivity index is 2.06. The second-order valence-corrected chi connectivity index (χ2v) is 9.32. The Labute approximate surface area is 208 Å². The standard InChI is InChI=1S/C28H34N2O5/c1-21(34-28(2,3)4)25(27(33)30-35-24-14-10-8-11-15-24)29-26(32)23-18-16-22(17-19-23)13-9-6-5-7-12-20-31/h7,12,16-21,24-25H,8,10-11,14-15H2,1-4H3,(H,29,32)(H,30,33)/b12-7+/t21-,25+/m1/s1. The van der Waals surface area contributed by atoms with Crippen molar-refractivity contribution >= 4 is 18.1 Å². The average molecular weight is 479 g/mol. The zero-order valence-electron chi connectivity index (χ0n) is 20.9. The van der Waals surface area contributed by atoms with Gasteiger partial charge in [0.2, 0.25) is 0 Å². The molecule has 7 heteroatoms. The number of carbonyl (C=O) groups excluding carboxylic acids is 3. The van der Waals surface area contributed by atoms with Crippen LogP contribution in [0.3, 0.4) is 0 Å². The summed E-state index contributed by atoms with van der Waals surface area (Å²) in [5, 5.41) is 2.78. The highest BCUT2D eigenvalue weighted by Crippen LogP contribution is 2.20. The monoisotopic (exact) mass is 478 g/mol. The zero-order chi connectivity index (χ0) is 25.7. The number of nitrogens with one attached hydrogen (secondary N) is 2. The maximum Gasteiger partial charge on any atom is 0.268 e. The van der Waals surface area contributed by atoms with Gasteiger partial charge in [-0.2, -0.15) is 0 Å². The zero-order valence-corrected chi connectivity index (χ0v) is 20.9. The van der Waals surface area contributed by atoms with Gasteiger partial charge < -0.3 is 10.1 Å². The van der Waals surface area contributed by atoms with Crippen LogP contribution in [0.2, 0.25) is 0 Å². The molecule has 2 atom stereocenters. The minimum Gasteiger partial charge on any atom is -0.370 e. The molecule has 1 aliphatic rings. The lowest BCUT2D eigenvalue weighted by molar-refractivity contribution is -0.148. The molecule has 1 saturated carbocycles. The topological polar surface area (TPSA) is 93.7 Å². The Bertz CT molecular complexity index is 1010. The Hall–Kier alpha value is -3.39. The summed E-state index contributed by atoms with van der Waals surface area (Å²) in [5.74, 6) is 9.89. The van der Waals surface area contributed by atoms with Gasteiger partial charge in [0.15, 0.2) is 0 Å². The summed E-state index contributed by atoms with van der Waals surface area (Å²) < 4.78 is 5.96. The number of allylic oxidation sites excluding steroid dienone is 2. The first-order chi connectivity index (χ1) is 16.7. The summed E-state index contributed by atoms with van der Waals surface area (Å²) in [6.45, 7) is 7.42. The van der Waals surface area contributed by atoms with E-state index in [2.05, 4.69) is 34.5 Å². The van der Waals surface area contributed by atoms with Crippen molar-refractivity contribution in [1.29, 1.82) is 0 Å². The van der Waals surface area contributed by atoms with Crippen LogP contribution in [0.1, 0.15) is 75.7 Å². The van der Waals surface area contributed by atoms with Gasteiger partial charge in [0.05, 0.1) is 17.8 Å². The van der Waals surface area contributed by atoms with E-state index in [9.17, 15) is 14.4 Å². The van der Waals surface area contributed by atoms with Gasteiger partial charge >= 0.3 is 0 Å². The molecule has 0 bridgehead atoms.